The zero-order valence-corrected chi connectivity index (χ0v) is 14.7. The monoisotopic (exact) mass is 330 g/mol. The molecule has 0 aromatic heterocycles. The molecule has 2 unspecified atom stereocenters. The van der Waals surface area contributed by atoms with E-state index < -0.39 is 0 Å². The van der Waals surface area contributed by atoms with Crippen LogP contribution in [0.3, 0.4) is 0 Å². The van der Waals surface area contributed by atoms with E-state index in [-0.39, 0.29) is 23.7 Å². The van der Waals surface area contributed by atoms with Crippen molar-refractivity contribution in [2.45, 2.75) is 52.7 Å². The van der Waals surface area contributed by atoms with Gasteiger partial charge in [-0.2, -0.15) is 0 Å². The van der Waals surface area contributed by atoms with Crippen molar-refractivity contribution in [3.8, 4) is 34.1 Å². The van der Waals surface area contributed by atoms with Crippen LogP contribution in [0.5, 0.6) is 23.0 Å². The summed E-state index contributed by atoms with van der Waals surface area (Å²) in [5.74, 6) is 1.17. The molecule has 4 heteroatoms. The van der Waals surface area contributed by atoms with Gasteiger partial charge in [0.05, 0.1) is 17.8 Å². The van der Waals surface area contributed by atoms with Gasteiger partial charge >= 0.3 is 0 Å². The summed E-state index contributed by atoms with van der Waals surface area (Å²) < 4.78 is 12.0. The van der Waals surface area contributed by atoms with E-state index in [9.17, 15) is 10.2 Å². The van der Waals surface area contributed by atoms with E-state index >= 15 is 0 Å². The molecule has 2 N–H and O–H groups in total. The molecule has 0 aliphatic carbocycles. The van der Waals surface area contributed by atoms with Gasteiger partial charge in [0.15, 0.2) is 11.5 Å². The van der Waals surface area contributed by atoms with Gasteiger partial charge in [0, 0.05) is 5.56 Å². The third-order valence-electron chi connectivity index (χ3n) is 4.07. The summed E-state index contributed by atoms with van der Waals surface area (Å²) >= 11 is 0. The van der Waals surface area contributed by atoms with Crippen molar-refractivity contribution >= 4 is 0 Å². The van der Waals surface area contributed by atoms with Gasteiger partial charge in [-0.1, -0.05) is 32.0 Å². The van der Waals surface area contributed by atoms with Crippen molar-refractivity contribution in [1.29, 1.82) is 0 Å². The number of aromatic hydroxyl groups is 2. The largest absolute Gasteiger partial charge is 0.507 e. The summed E-state index contributed by atoms with van der Waals surface area (Å²) in [6, 6.07) is 10.2. The molecule has 0 aliphatic heterocycles. The molecule has 4 nitrogen and oxygen atoms in total. The lowest BCUT2D eigenvalue weighted by atomic mass is 10.0. The third kappa shape index (κ3) is 3.94. The molecular formula is C20H26O4. The molecule has 0 amide bonds. The Bertz CT molecular complexity index is 681. The van der Waals surface area contributed by atoms with Crippen LogP contribution in [-0.4, -0.2) is 22.4 Å². The average Bonchev–Trinajstić information content (AvgIpc) is 2.58. The van der Waals surface area contributed by atoms with E-state index in [0.29, 0.717) is 22.6 Å². The fraction of sp³-hybridized carbons (Fsp3) is 0.400. The van der Waals surface area contributed by atoms with Gasteiger partial charge in [-0.25, -0.2) is 0 Å². The number of ether oxygens (including phenoxy) is 2. The average molecular weight is 330 g/mol. The van der Waals surface area contributed by atoms with E-state index in [1.54, 1.807) is 30.3 Å². The summed E-state index contributed by atoms with van der Waals surface area (Å²) in [4.78, 5) is 0. The van der Waals surface area contributed by atoms with Crippen molar-refractivity contribution in [3.05, 3.63) is 36.4 Å². The van der Waals surface area contributed by atoms with Crippen LogP contribution in [0.1, 0.15) is 40.5 Å². The molecule has 0 aliphatic rings. The smallest absolute Gasteiger partial charge is 0.173 e. The normalized spacial score (nSPS) is 13.3. The van der Waals surface area contributed by atoms with Crippen LogP contribution in [0.4, 0.5) is 0 Å². The first-order valence-electron chi connectivity index (χ1n) is 8.45. The van der Waals surface area contributed by atoms with Crippen LogP contribution in [0.25, 0.3) is 11.1 Å². The Morgan fingerprint density at radius 3 is 2.08 bits per heavy atom. The summed E-state index contributed by atoms with van der Waals surface area (Å²) in [6.45, 7) is 8.03. The SMILES string of the molecule is CCC(C)Oc1ccc(O)c(-c2ccccc2O)c1OC(C)CC. The summed E-state index contributed by atoms with van der Waals surface area (Å²) in [7, 11) is 0. The maximum Gasteiger partial charge on any atom is 0.173 e. The molecule has 2 atom stereocenters. The van der Waals surface area contributed by atoms with Gasteiger partial charge in [0.2, 0.25) is 0 Å². The van der Waals surface area contributed by atoms with E-state index in [1.165, 1.54) is 0 Å². The van der Waals surface area contributed by atoms with E-state index in [2.05, 4.69) is 0 Å². The highest BCUT2D eigenvalue weighted by Crippen LogP contribution is 2.47. The molecule has 0 saturated carbocycles. The van der Waals surface area contributed by atoms with Crippen molar-refractivity contribution in [2.75, 3.05) is 0 Å². The van der Waals surface area contributed by atoms with Crippen molar-refractivity contribution < 1.29 is 19.7 Å². The second-order valence-electron chi connectivity index (χ2n) is 5.98. The Labute approximate surface area is 143 Å². The molecular weight excluding hydrogens is 304 g/mol. The van der Waals surface area contributed by atoms with Crippen LogP contribution in [0.2, 0.25) is 0 Å². The number of para-hydroxylation sites is 1. The highest BCUT2D eigenvalue weighted by atomic mass is 16.5. The number of hydrogen-bond acceptors (Lipinski definition) is 4. The van der Waals surface area contributed by atoms with E-state index in [4.69, 9.17) is 9.47 Å². The lowest BCUT2D eigenvalue weighted by Gasteiger charge is -2.23. The molecule has 0 bridgehead atoms. The van der Waals surface area contributed by atoms with Gasteiger partial charge in [0.25, 0.3) is 0 Å². The molecule has 24 heavy (non-hydrogen) atoms. The molecule has 0 saturated heterocycles. The highest BCUT2D eigenvalue weighted by molar-refractivity contribution is 5.83. The van der Waals surface area contributed by atoms with E-state index in [0.717, 1.165) is 12.8 Å². The summed E-state index contributed by atoms with van der Waals surface area (Å²) in [5, 5.41) is 20.6. The molecule has 0 heterocycles. The second-order valence-corrected chi connectivity index (χ2v) is 5.98. The topological polar surface area (TPSA) is 58.9 Å². The first-order chi connectivity index (χ1) is 11.5. The first kappa shape index (κ1) is 18.0. The Morgan fingerprint density at radius 1 is 0.833 bits per heavy atom. The zero-order chi connectivity index (χ0) is 17.7. The van der Waals surface area contributed by atoms with Crippen LogP contribution in [0.15, 0.2) is 36.4 Å². The Balaban J connectivity index is 2.62. The molecule has 2 rings (SSSR count). The Hall–Kier alpha value is -2.36. The van der Waals surface area contributed by atoms with Crippen LogP contribution in [0, 0.1) is 0 Å². The maximum atomic E-state index is 10.4. The number of benzene rings is 2. The molecule has 2 aromatic rings. The fourth-order valence-corrected chi connectivity index (χ4v) is 2.29. The van der Waals surface area contributed by atoms with Gasteiger partial charge in [0.1, 0.15) is 11.5 Å². The molecule has 0 fully saturated rings. The summed E-state index contributed by atoms with van der Waals surface area (Å²) in [6.07, 6.45) is 1.65. The number of rotatable bonds is 7. The zero-order valence-electron chi connectivity index (χ0n) is 14.7. The number of phenolic OH excluding ortho intramolecular Hbond substituents is 2. The second kappa shape index (κ2) is 7.95. The predicted octanol–water partition coefficient (Wildman–Crippen LogP) is 5.12. The molecule has 130 valence electrons. The van der Waals surface area contributed by atoms with Crippen molar-refractivity contribution in [2.24, 2.45) is 0 Å². The Morgan fingerprint density at radius 2 is 1.46 bits per heavy atom. The summed E-state index contributed by atoms with van der Waals surface area (Å²) in [5.41, 5.74) is 0.970. The van der Waals surface area contributed by atoms with Crippen LogP contribution < -0.4 is 9.47 Å². The standard InChI is InChI=1S/C20H26O4/c1-5-13(3)23-18-12-11-17(22)19(20(18)24-14(4)6-2)15-9-7-8-10-16(15)21/h7-14,21-22H,5-6H2,1-4H3. The lowest BCUT2D eigenvalue weighted by molar-refractivity contribution is 0.177. The van der Waals surface area contributed by atoms with Crippen molar-refractivity contribution in [3.63, 3.8) is 0 Å². The molecule has 0 radical (unpaired) electrons. The quantitative estimate of drug-likeness (QED) is 0.740. The Kier molecular flexibility index (Phi) is 5.96. The highest BCUT2D eigenvalue weighted by Gasteiger charge is 2.22. The predicted molar refractivity (Wildman–Crippen MR) is 96.0 cm³/mol. The van der Waals surface area contributed by atoms with Gasteiger partial charge in [-0.15, -0.1) is 0 Å². The first-order valence-corrected chi connectivity index (χ1v) is 8.45. The lowest BCUT2D eigenvalue weighted by Crippen LogP contribution is -2.15. The maximum absolute atomic E-state index is 10.4. The number of phenols is 2. The van der Waals surface area contributed by atoms with Gasteiger partial charge in [-0.05, 0) is 44.9 Å². The molecule has 0 spiro atoms. The third-order valence-corrected chi connectivity index (χ3v) is 4.07. The van der Waals surface area contributed by atoms with Gasteiger partial charge in [-0.3, -0.25) is 0 Å². The van der Waals surface area contributed by atoms with E-state index in [1.807, 2.05) is 33.8 Å². The van der Waals surface area contributed by atoms with Crippen molar-refractivity contribution in [1.82, 2.24) is 0 Å². The van der Waals surface area contributed by atoms with Gasteiger partial charge < -0.3 is 19.7 Å². The minimum absolute atomic E-state index is 0.0195. The number of hydrogen-bond donors (Lipinski definition) is 2. The molecule has 2 aromatic carbocycles. The minimum atomic E-state index is -0.0457. The minimum Gasteiger partial charge on any atom is -0.507 e. The van der Waals surface area contributed by atoms with Crippen LogP contribution in [-0.2, 0) is 0 Å². The fourth-order valence-electron chi connectivity index (χ4n) is 2.29. The van der Waals surface area contributed by atoms with Crippen LogP contribution >= 0.6 is 0 Å².